The van der Waals surface area contributed by atoms with Gasteiger partial charge in [0, 0.05) is 34.2 Å². The zero-order valence-corrected chi connectivity index (χ0v) is 19.3. The van der Waals surface area contributed by atoms with Crippen molar-refractivity contribution >= 4 is 32.8 Å². The second-order valence-corrected chi connectivity index (χ2v) is 10.2. The van der Waals surface area contributed by atoms with Crippen LogP contribution in [0.1, 0.15) is 52.7 Å². The summed E-state index contributed by atoms with van der Waals surface area (Å²) in [7, 11) is 0. The third kappa shape index (κ3) is 4.46. The fourth-order valence-corrected chi connectivity index (χ4v) is 3.74. The van der Waals surface area contributed by atoms with Crippen LogP contribution in [0.5, 0.6) is 0 Å². The zero-order valence-electron chi connectivity index (χ0n) is 19.3. The monoisotopic (exact) mass is 409 g/mol. The molecule has 0 radical (unpaired) electrons. The molecule has 2 aromatic heterocycles. The van der Waals surface area contributed by atoms with E-state index in [9.17, 15) is 0 Å². The van der Waals surface area contributed by atoms with Gasteiger partial charge in [-0.05, 0) is 58.4 Å². The van der Waals surface area contributed by atoms with E-state index in [-0.39, 0.29) is 10.8 Å². The second kappa shape index (κ2) is 7.81. The minimum atomic E-state index is 0.180. The highest BCUT2D eigenvalue weighted by atomic mass is 14.8. The summed E-state index contributed by atoms with van der Waals surface area (Å²) < 4.78 is 0. The fourth-order valence-electron chi connectivity index (χ4n) is 3.74. The lowest BCUT2D eigenvalue weighted by molar-refractivity contribution is 0.590. The molecule has 0 saturated heterocycles. The van der Waals surface area contributed by atoms with Crippen molar-refractivity contribution in [3.05, 3.63) is 84.2 Å². The third-order valence-electron chi connectivity index (χ3n) is 5.71. The van der Waals surface area contributed by atoms with Crippen LogP contribution in [0.25, 0.3) is 32.8 Å². The Kier molecular flexibility index (Phi) is 5.30. The molecule has 3 nitrogen and oxygen atoms in total. The van der Waals surface area contributed by atoms with Crippen molar-refractivity contribution in [1.82, 2.24) is 15.0 Å². The molecule has 0 aliphatic rings. The van der Waals surface area contributed by atoms with E-state index in [1.807, 2.05) is 24.3 Å². The Bertz CT molecular complexity index is 1210. The molecule has 3 heteroatoms. The van der Waals surface area contributed by atoms with Gasteiger partial charge in [0.25, 0.3) is 0 Å². The molecule has 158 valence electrons. The van der Waals surface area contributed by atoms with Gasteiger partial charge in [0.15, 0.2) is 0 Å². The van der Waals surface area contributed by atoms with Gasteiger partial charge in [-0.3, -0.25) is 9.97 Å². The average Bonchev–Trinajstić information content (AvgIpc) is 3.10. The van der Waals surface area contributed by atoms with E-state index < -0.39 is 0 Å². The first-order chi connectivity index (χ1) is 14.6. The summed E-state index contributed by atoms with van der Waals surface area (Å²) in [4.78, 5) is 11.8. The van der Waals surface area contributed by atoms with Crippen LogP contribution in [0.2, 0.25) is 0 Å². The van der Waals surface area contributed by atoms with Gasteiger partial charge in [0.05, 0.1) is 11.0 Å². The summed E-state index contributed by atoms with van der Waals surface area (Å²) in [6.45, 7) is 13.6. The van der Waals surface area contributed by atoms with Crippen molar-refractivity contribution in [2.75, 3.05) is 0 Å². The molecule has 3 aromatic carbocycles. The molecule has 0 atom stereocenters. The Morgan fingerprint density at radius 2 is 1.00 bits per heavy atom. The van der Waals surface area contributed by atoms with Crippen LogP contribution in [0.15, 0.2) is 73.1 Å². The number of para-hydroxylation sites is 2. The molecule has 0 spiro atoms. The predicted octanol–water partition coefficient (Wildman–Crippen LogP) is 7.55. The van der Waals surface area contributed by atoms with E-state index in [2.05, 4.69) is 92.9 Å². The van der Waals surface area contributed by atoms with Crippen LogP contribution in [0, 0.1) is 0 Å². The van der Waals surface area contributed by atoms with E-state index in [1.54, 1.807) is 12.4 Å². The molecule has 2 heterocycles. The van der Waals surface area contributed by atoms with Gasteiger partial charge < -0.3 is 4.98 Å². The minimum absolute atomic E-state index is 0.180. The molecule has 0 aliphatic carbocycles. The maximum atomic E-state index is 4.12. The quantitative estimate of drug-likeness (QED) is 0.287. The van der Waals surface area contributed by atoms with Gasteiger partial charge in [-0.2, -0.15) is 0 Å². The van der Waals surface area contributed by atoms with Gasteiger partial charge in [-0.25, -0.2) is 0 Å². The zero-order chi connectivity index (χ0) is 22.2. The van der Waals surface area contributed by atoms with Crippen molar-refractivity contribution < 1.29 is 0 Å². The molecule has 0 unspecified atom stereocenters. The van der Waals surface area contributed by atoms with Crippen LogP contribution < -0.4 is 0 Å². The summed E-state index contributed by atoms with van der Waals surface area (Å²) in [5.74, 6) is 0. The summed E-state index contributed by atoms with van der Waals surface area (Å²) in [6, 6.07) is 21.4. The van der Waals surface area contributed by atoms with E-state index in [1.165, 1.54) is 32.9 Å². The van der Waals surface area contributed by atoms with Gasteiger partial charge in [-0.15, -0.1) is 0 Å². The Hall–Kier alpha value is -3.20. The lowest BCUT2D eigenvalue weighted by atomic mass is 9.85. The smallest absolute Gasteiger partial charge is 0.0886 e. The Morgan fingerprint density at radius 1 is 0.581 bits per heavy atom. The summed E-state index contributed by atoms with van der Waals surface area (Å²) in [5.41, 5.74) is 7.48. The lowest BCUT2D eigenvalue weighted by Gasteiger charge is -2.19. The molecule has 31 heavy (non-hydrogen) atoms. The van der Waals surface area contributed by atoms with E-state index >= 15 is 0 Å². The van der Waals surface area contributed by atoms with Gasteiger partial charge in [0.1, 0.15) is 0 Å². The number of aromatic nitrogens is 3. The number of aromatic amines is 1. The molecule has 0 aliphatic heterocycles. The normalized spacial score (nSPS) is 12.2. The molecular formula is C28H31N3. The number of nitrogens with one attached hydrogen (secondary N) is 1. The average molecular weight is 410 g/mol. The van der Waals surface area contributed by atoms with Crippen molar-refractivity contribution in [3.63, 3.8) is 0 Å². The molecule has 0 amide bonds. The van der Waals surface area contributed by atoms with Gasteiger partial charge in [-0.1, -0.05) is 65.8 Å². The molecule has 0 bridgehead atoms. The first-order valence-electron chi connectivity index (χ1n) is 10.9. The first kappa shape index (κ1) is 21.0. The lowest BCUT2D eigenvalue weighted by Crippen LogP contribution is -2.10. The van der Waals surface area contributed by atoms with E-state index in [0.29, 0.717) is 0 Å². The number of benzene rings is 3. The molecular weight excluding hydrogens is 378 g/mol. The van der Waals surface area contributed by atoms with E-state index in [0.717, 1.165) is 11.0 Å². The molecule has 1 N–H and O–H groups in total. The second-order valence-electron chi connectivity index (χ2n) is 10.2. The number of hydrogen-bond donors (Lipinski definition) is 1. The van der Waals surface area contributed by atoms with Crippen molar-refractivity contribution in [2.45, 2.75) is 52.4 Å². The first-order valence-corrected chi connectivity index (χ1v) is 10.9. The van der Waals surface area contributed by atoms with Crippen molar-refractivity contribution in [1.29, 1.82) is 0 Å². The molecule has 0 fully saturated rings. The SMILES string of the molecule is CC(C)(C)c1ccc2[nH]c3ccc(C(C)(C)C)cc3c2c1.c1ccc2nccnc2c1. The fraction of sp³-hybridized carbons (Fsp3) is 0.286. The Morgan fingerprint density at radius 3 is 1.39 bits per heavy atom. The van der Waals surface area contributed by atoms with Crippen molar-refractivity contribution in [3.8, 4) is 0 Å². The van der Waals surface area contributed by atoms with E-state index in [4.69, 9.17) is 0 Å². The van der Waals surface area contributed by atoms with Crippen LogP contribution in [0.3, 0.4) is 0 Å². The third-order valence-corrected chi connectivity index (χ3v) is 5.71. The standard InChI is InChI=1S/C20H25N.C8H6N2/c1-19(2,3)13-7-9-17-15(11-13)16-12-14(20(4,5)6)8-10-18(16)21-17;1-2-4-8-7(3-1)9-5-6-10-8/h7-12,21H,1-6H3;1-6H. The Balaban J connectivity index is 0.000000192. The van der Waals surface area contributed by atoms with Gasteiger partial charge in [0.2, 0.25) is 0 Å². The topological polar surface area (TPSA) is 41.6 Å². The highest BCUT2D eigenvalue weighted by Crippen LogP contribution is 2.33. The maximum Gasteiger partial charge on any atom is 0.0886 e. The maximum absolute atomic E-state index is 4.12. The highest BCUT2D eigenvalue weighted by Gasteiger charge is 2.17. The minimum Gasteiger partial charge on any atom is -0.355 e. The predicted molar refractivity (Wildman–Crippen MR) is 133 cm³/mol. The number of nitrogens with zero attached hydrogens (tertiary/aromatic N) is 2. The molecule has 5 aromatic rings. The number of fused-ring (bicyclic) bond motifs is 4. The Labute approximate surface area is 184 Å². The summed E-state index contributed by atoms with van der Waals surface area (Å²) in [6.07, 6.45) is 3.39. The number of H-pyrrole nitrogens is 1. The van der Waals surface area contributed by atoms with Crippen LogP contribution in [-0.2, 0) is 10.8 Å². The summed E-state index contributed by atoms with van der Waals surface area (Å²) >= 11 is 0. The van der Waals surface area contributed by atoms with Crippen LogP contribution in [0.4, 0.5) is 0 Å². The molecule has 0 saturated carbocycles. The largest absolute Gasteiger partial charge is 0.355 e. The highest BCUT2D eigenvalue weighted by molar-refractivity contribution is 6.07. The summed E-state index contributed by atoms with van der Waals surface area (Å²) in [5, 5.41) is 2.67. The van der Waals surface area contributed by atoms with Crippen LogP contribution in [-0.4, -0.2) is 15.0 Å². The van der Waals surface area contributed by atoms with Crippen molar-refractivity contribution in [2.24, 2.45) is 0 Å². The number of rotatable bonds is 0. The van der Waals surface area contributed by atoms with Crippen LogP contribution >= 0.6 is 0 Å². The molecule has 5 rings (SSSR count). The number of hydrogen-bond acceptors (Lipinski definition) is 2. The van der Waals surface area contributed by atoms with Gasteiger partial charge >= 0.3 is 0 Å².